The highest BCUT2D eigenvalue weighted by molar-refractivity contribution is 14.0. The van der Waals surface area contributed by atoms with E-state index in [0.717, 1.165) is 60.8 Å². The molecule has 8 heteroatoms. The molecular formula is C18H25ClIN5S. The molecule has 3 rings (SSSR count). The van der Waals surface area contributed by atoms with Gasteiger partial charge in [-0.05, 0) is 18.6 Å². The number of thiazole rings is 1. The smallest absolute Gasteiger partial charge is 0.194 e. The zero-order valence-corrected chi connectivity index (χ0v) is 19.0. The number of halogens is 2. The van der Waals surface area contributed by atoms with Gasteiger partial charge in [0.25, 0.3) is 0 Å². The van der Waals surface area contributed by atoms with Crippen molar-refractivity contribution in [3.8, 4) is 0 Å². The van der Waals surface area contributed by atoms with Gasteiger partial charge in [0.1, 0.15) is 5.01 Å². The maximum atomic E-state index is 6.32. The van der Waals surface area contributed by atoms with E-state index >= 15 is 0 Å². The third-order valence-corrected chi connectivity index (χ3v) is 5.79. The Labute approximate surface area is 181 Å². The van der Waals surface area contributed by atoms with Gasteiger partial charge in [0.05, 0.1) is 17.3 Å². The summed E-state index contributed by atoms with van der Waals surface area (Å²) in [5.74, 6) is 0.937. The van der Waals surface area contributed by atoms with E-state index in [2.05, 4.69) is 38.1 Å². The molecule has 26 heavy (non-hydrogen) atoms. The van der Waals surface area contributed by atoms with E-state index in [1.807, 2.05) is 31.4 Å². The third kappa shape index (κ3) is 5.23. The fraction of sp³-hybridized carbons (Fsp3) is 0.444. The highest BCUT2D eigenvalue weighted by Crippen LogP contribution is 2.26. The van der Waals surface area contributed by atoms with Crippen molar-refractivity contribution in [3.05, 3.63) is 45.4 Å². The van der Waals surface area contributed by atoms with Crippen LogP contribution in [0.4, 0.5) is 5.69 Å². The van der Waals surface area contributed by atoms with Crippen molar-refractivity contribution < 1.29 is 0 Å². The molecule has 1 aliphatic heterocycles. The van der Waals surface area contributed by atoms with Crippen LogP contribution in [0.2, 0.25) is 5.02 Å². The fourth-order valence-corrected chi connectivity index (χ4v) is 4.00. The number of aliphatic imine (C=N–C) groups is 1. The summed E-state index contributed by atoms with van der Waals surface area (Å²) >= 11 is 8.08. The minimum Gasteiger partial charge on any atom is -0.367 e. The van der Waals surface area contributed by atoms with Crippen molar-refractivity contribution in [3.63, 3.8) is 0 Å². The Morgan fingerprint density at radius 1 is 1.27 bits per heavy atom. The summed E-state index contributed by atoms with van der Waals surface area (Å²) < 4.78 is 0. The van der Waals surface area contributed by atoms with Gasteiger partial charge in [-0.15, -0.1) is 35.3 Å². The second kappa shape index (κ2) is 10.3. The molecule has 0 aliphatic carbocycles. The average molecular weight is 506 g/mol. The number of piperazine rings is 1. The molecule has 1 N–H and O–H groups in total. The predicted molar refractivity (Wildman–Crippen MR) is 122 cm³/mol. The molecule has 1 fully saturated rings. The van der Waals surface area contributed by atoms with Crippen molar-refractivity contribution in [2.24, 2.45) is 4.99 Å². The molecule has 1 aromatic carbocycles. The summed E-state index contributed by atoms with van der Waals surface area (Å²) in [6.45, 7) is 6.58. The highest BCUT2D eigenvalue weighted by atomic mass is 127. The molecular weight excluding hydrogens is 481 g/mol. The van der Waals surface area contributed by atoms with Crippen LogP contribution in [0, 0.1) is 0 Å². The first kappa shape index (κ1) is 21.2. The number of aromatic nitrogens is 1. The van der Waals surface area contributed by atoms with E-state index in [0.29, 0.717) is 0 Å². The molecule has 0 atom stereocenters. The number of para-hydroxylation sites is 1. The van der Waals surface area contributed by atoms with E-state index in [1.165, 1.54) is 4.88 Å². The van der Waals surface area contributed by atoms with Crippen LogP contribution in [0.5, 0.6) is 0 Å². The largest absolute Gasteiger partial charge is 0.367 e. The number of nitrogens with zero attached hydrogens (tertiary/aromatic N) is 4. The van der Waals surface area contributed by atoms with Gasteiger partial charge in [-0.3, -0.25) is 4.99 Å². The maximum absolute atomic E-state index is 6.32. The molecule has 0 unspecified atom stereocenters. The molecule has 1 aromatic heterocycles. The van der Waals surface area contributed by atoms with Gasteiger partial charge in [-0.25, -0.2) is 4.98 Å². The number of rotatable bonds is 4. The lowest BCUT2D eigenvalue weighted by Crippen LogP contribution is -2.52. The van der Waals surface area contributed by atoms with E-state index in [4.69, 9.17) is 11.6 Å². The molecule has 0 spiro atoms. The van der Waals surface area contributed by atoms with Crippen molar-refractivity contribution in [2.45, 2.75) is 19.9 Å². The second-order valence-electron chi connectivity index (χ2n) is 5.90. The van der Waals surface area contributed by atoms with Gasteiger partial charge in [0, 0.05) is 44.3 Å². The molecule has 142 valence electrons. The lowest BCUT2D eigenvalue weighted by molar-refractivity contribution is 0.372. The van der Waals surface area contributed by atoms with Gasteiger partial charge in [0.2, 0.25) is 0 Å². The molecule has 0 bridgehead atoms. The van der Waals surface area contributed by atoms with Gasteiger partial charge >= 0.3 is 0 Å². The Morgan fingerprint density at radius 3 is 2.62 bits per heavy atom. The SMILES string of the molecule is CCc1cnc(CNC(=NC)N2CCN(c3ccccc3Cl)CC2)s1.I. The normalized spacial score (nSPS) is 15.0. The number of aryl methyl sites for hydroxylation is 1. The summed E-state index contributed by atoms with van der Waals surface area (Å²) in [6.07, 6.45) is 3.00. The molecule has 5 nitrogen and oxygen atoms in total. The first-order chi connectivity index (χ1) is 12.2. The van der Waals surface area contributed by atoms with Crippen LogP contribution < -0.4 is 10.2 Å². The van der Waals surface area contributed by atoms with E-state index in [-0.39, 0.29) is 24.0 Å². The summed E-state index contributed by atoms with van der Waals surface area (Å²) in [7, 11) is 1.84. The van der Waals surface area contributed by atoms with E-state index in [9.17, 15) is 0 Å². The number of anilines is 1. The lowest BCUT2D eigenvalue weighted by Gasteiger charge is -2.38. The van der Waals surface area contributed by atoms with E-state index < -0.39 is 0 Å². The van der Waals surface area contributed by atoms with E-state index in [1.54, 1.807) is 11.3 Å². The van der Waals surface area contributed by atoms with Crippen LogP contribution in [-0.2, 0) is 13.0 Å². The average Bonchev–Trinajstić information content (AvgIpc) is 3.11. The number of benzene rings is 1. The molecule has 2 aromatic rings. The summed E-state index contributed by atoms with van der Waals surface area (Å²) in [5.41, 5.74) is 1.11. The first-order valence-electron chi connectivity index (χ1n) is 8.60. The van der Waals surface area contributed by atoms with Gasteiger partial charge < -0.3 is 15.1 Å². The van der Waals surface area contributed by atoms with Gasteiger partial charge in [-0.2, -0.15) is 0 Å². The molecule has 0 radical (unpaired) electrons. The molecule has 0 saturated carbocycles. The van der Waals surface area contributed by atoms with Crippen molar-refractivity contribution >= 4 is 58.6 Å². The molecule has 1 aliphatic rings. The number of hydrogen-bond donors (Lipinski definition) is 1. The highest BCUT2D eigenvalue weighted by Gasteiger charge is 2.21. The van der Waals surface area contributed by atoms with Crippen molar-refractivity contribution in [1.29, 1.82) is 0 Å². The topological polar surface area (TPSA) is 43.8 Å². The zero-order chi connectivity index (χ0) is 17.6. The number of guanidine groups is 1. The monoisotopic (exact) mass is 505 g/mol. The predicted octanol–water partition coefficient (Wildman–Crippen LogP) is 3.87. The maximum Gasteiger partial charge on any atom is 0.194 e. The quantitative estimate of drug-likeness (QED) is 0.389. The molecule has 2 heterocycles. The Balaban J connectivity index is 0.00000243. The van der Waals surface area contributed by atoms with Crippen molar-refractivity contribution in [2.75, 3.05) is 38.1 Å². The Hall–Kier alpha value is -1.06. The molecule has 0 amide bonds. The van der Waals surface area contributed by atoms with Crippen molar-refractivity contribution in [1.82, 2.24) is 15.2 Å². The Bertz CT molecular complexity index is 728. The standard InChI is InChI=1S/C18H24ClN5S.HI/c1-3-14-12-21-17(25-14)13-22-18(20-2)24-10-8-23(9-11-24)16-7-5-4-6-15(16)19;/h4-7,12H,3,8-11,13H2,1-2H3,(H,20,22);1H. The van der Waals surface area contributed by atoms with Gasteiger partial charge in [-0.1, -0.05) is 30.7 Å². The second-order valence-corrected chi connectivity index (χ2v) is 7.51. The van der Waals surface area contributed by atoms with Crippen LogP contribution in [0.3, 0.4) is 0 Å². The Kier molecular flexibility index (Phi) is 8.43. The fourth-order valence-electron chi connectivity index (χ4n) is 2.95. The first-order valence-corrected chi connectivity index (χ1v) is 9.79. The zero-order valence-electron chi connectivity index (χ0n) is 15.1. The van der Waals surface area contributed by atoms with Crippen LogP contribution in [0.25, 0.3) is 0 Å². The summed E-state index contributed by atoms with van der Waals surface area (Å²) in [4.78, 5) is 14.8. The summed E-state index contributed by atoms with van der Waals surface area (Å²) in [6, 6.07) is 8.03. The van der Waals surface area contributed by atoms with Crippen LogP contribution in [0.15, 0.2) is 35.5 Å². The van der Waals surface area contributed by atoms with Crippen LogP contribution in [0.1, 0.15) is 16.8 Å². The van der Waals surface area contributed by atoms with Crippen LogP contribution in [-0.4, -0.2) is 49.1 Å². The minimum atomic E-state index is 0. The summed E-state index contributed by atoms with van der Waals surface area (Å²) in [5, 5.41) is 5.36. The number of nitrogens with one attached hydrogen (secondary N) is 1. The van der Waals surface area contributed by atoms with Crippen LogP contribution >= 0.6 is 46.9 Å². The molecule has 1 saturated heterocycles. The Morgan fingerprint density at radius 2 is 2.00 bits per heavy atom. The minimum absolute atomic E-state index is 0. The third-order valence-electron chi connectivity index (χ3n) is 4.33. The number of hydrogen-bond acceptors (Lipinski definition) is 4. The van der Waals surface area contributed by atoms with Gasteiger partial charge in [0.15, 0.2) is 5.96 Å². The lowest BCUT2D eigenvalue weighted by atomic mass is 10.2.